The van der Waals surface area contributed by atoms with E-state index in [0.717, 1.165) is 42.4 Å². The number of pyridine rings is 1. The zero-order valence-electron chi connectivity index (χ0n) is 19.3. The Balaban J connectivity index is 1.47. The number of imidazole rings is 1. The molecule has 9 heteroatoms. The summed E-state index contributed by atoms with van der Waals surface area (Å²) in [5.74, 6) is 1.38. The van der Waals surface area contributed by atoms with E-state index in [2.05, 4.69) is 48.6 Å². The molecule has 1 aliphatic rings. The van der Waals surface area contributed by atoms with E-state index < -0.39 is 0 Å². The number of rotatable bonds is 6. The molecule has 0 unspecified atom stereocenters. The summed E-state index contributed by atoms with van der Waals surface area (Å²) in [7, 11) is 4.10. The van der Waals surface area contributed by atoms with E-state index in [9.17, 15) is 4.79 Å². The summed E-state index contributed by atoms with van der Waals surface area (Å²) in [4.78, 5) is 34.6. The number of aromatic nitrogens is 5. The van der Waals surface area contributed by atoms with Crippen molar-refractivity contribution in [2.45, 2.75) is 39.3 Å². The van der Waals surface area contributed by atoms with Gasteiger partial charge in [-0.15, -0.1) is 0 Å². The van der Waals surface area contributed by atoms with Gasteiger partial charge in [0.15, 0.2) is 0 Å². The predicted molar refractivity (Wildman–Crippen MR) is 124 cm³/mol. The van der Waals surface area contributed by atoms with Crippen LogP contribution in [-0.4, -0.2) is 73.4 Å². The summed E-state index contributed by atoms with van der Waals surface area (Å²) in [6.07, 6.45) is 6.19. The van der Waals surface area contributed by atoms with Crippen LogP contribution in [0.4, 0.5) is 11.6 Å². The Morgan fingerprint density at radius 2 is 1.97 bits per heavy atom. The fourth-order valence-electron chi connectivity index (χ4n) is 4.09. The Kier molecular flexibility index (Phi) is 6.18. The zero-order valence-corrected chi connectivity index (χ0v) is 19.3. The molecule has 9 nitrogen and oxygen atoms in total. The second-order valence-corrected chi connectivity index (χ2v) is 8.63. The average molecular weight is 435 g/mol. The van der Waals surface area contributed by atoms with Crippen molar-refractivity contribution in [2.24, 2.45) is 0 Å². The molecule has 3 aromatic rings. The number of hydrogen-bond acceptors (Lipinski definition) is 7. The van der Waals surface area contributed by atoms with Gasteiger partial charge in [0.25, 0.3) is 5.91 Å². The van der Waals surface area contributed by atoms with Crippen molar-refractivity contribution in [2.75, 3.05) is 32.5 Å². The van der Waals surface area contributed by atoms with Crippen LogP contribution in [-0.2, 0) is 0 Å². The van der Waals surface area contributed by atoms with Crippen LogP contribution in [0.5, 0.6) is 0 Å². The number of amides is 1. The number of carbonyl (C=O) groups is 1. The SMILES string of the molecule is Cc1ncc(-c2ccnc(Nc3ccc(C(=O)N4CC[C@H](N(C)C)C4)nc3)n2)n1C(C)C. The van der Waals surface area contributed by atoms with Crippen LogP contribution >= 0.6 is 0 Å². The second-order valence-electron chi connectivity index (χ2n) is 8.63. The van der Waals surface area contributed by atoms with Crippen molar-refractivity contribution in [1.82, 2.24) is 34.3 Å². The third-order valence-electron chi connectivity index (χ3n) is 5.84. The van der Waals surface area contributed by atoms with Crippen molar-refractivity contribution >= 4 is 17.5 Å². The van der Waals surface area contributed by atoms with E-state index >= 15 is 0 Å². The first-order chi connectivity index (χ1) is 15.3. The summed E-state index contributed by atoms with van der Waals surface area (Å²) in [6, 6.07) is 6.13. The molecule has 0 radical (unpaired) electrons. The van der Waals surface area contributed by atoms with E-state index in [0.29, 0.717) is 17.7 Å². The molecule has 1 amide bonds. The molecule has 3 aromatic heterocycles. The first-order valence-corrected chi connectivity index (χ1v) is 10.9. The van der Waals surface area contributed by atoms with E-state index in [-0.39, 0.29) is 11.9 Å². The number of carbonyl (C=O) groups excluding carboxylic acids is 1. The van der Waals surface area contributed by atoms with Gasteiger partial charge < -0.3 is 19.7 Å². The molecule has 4 rings (SSSR count). The number of likely N-dealkylation sites (tertiary alicyclic amines) is 1. The van der Waals surface area contributed by atoms with Gasteiger partial charge in [-0.2, -0.15) is 0 Å². The van der Waals surface area contributed by atoms with Crippen LogP contribution in [0.15, 0.2) is 36.8 Å². The van der Waals surface area contributed by atoms with Crippen LogP contribution < -0.4 is 5.32 Å². The highest BCUT2D eigenvalue weighted by atomic mass is 16.2. The maximum atomic E-state index is 12.8. The van der Waals surface area contributed by atoms with E-state index in [1.165, 1.54) is 0 Å². The lowest BCUT2D eigenvalue weighted by atomic mass is 10.2. The van der Waals surface area contributed by atoms with Crippen molar-refractivity contribution in [1.29, 1.82) is 0 Å². The predicted octanol–water partition coefficient (Wildman–Crippen LogP) is 3.14. The fourth-order valence-corrected chi connectivity index (χ4v) is 4.09. The van der Waals surface area contributed by atoms with Gasteiger partial charge in [0, 0.05) is 31.4 Å². The lowest BCUT2D eigenvalue weighted by Crippen LogP contribution is -2.34. The normalized spacial score (nSPS) is 16.2. The van der Waals surface area contributed by atoms with Crippen LogP contribution in [0.3, 0.4) is 0 Å². The van der Waals surface area contributed by atoms with Crippen molar-refractivity contribution in [3.05, 3.63) is 48.3 Å². The third kappa shape index (κ3) is 4.47. The molecular formula is C23H30N8O. The van der Waals surface area contributed by atoms with Gasteiger partial charge in [-0.25, -0.2) is 19.9 Å². The fraction of sp³-hybridized carbons (Fsp3) is 0.435. The number of anilines is 2. The first kappa shape index (κ1) is 21.9. The lowest BCUT2D eigenvalue weighted by Gasteiger charge is -2.20. The van der Waals surface area contributed by atoms with Gasteiger partial charge in [0.2, 0.25) is 5.95 Å². The molecular weight excluding hydrogens is 404 g/mol. The zero-order chi connectivity index (χ0) is 22.8. The Morgan fingerprint density at radius 1 is 1.16 bits per heavy atom. The Morgan fingerprint density at radius 3 is 2.62 bits per heavy atom. The molecule has 0 saturated carbocycles. The molecule has 0 spiro atoms. The Bertz CT molecular complexity index is 1090. The van der Waals surface area contributed by atoms with Crippen LogP contribution in [0, 0.1) is 6.92 Å². The third-order valence-corrected chi connectivity index (χ3v) is 5.84. The van der Waals surface area contributed by atoms with Crippen LogP contribution in [0.25, 0.3) is 11.4 Å². The average Bonchev–Trinajstić information content (AvgIpc) is 3.41. The Labute approximate surface area is 188 Å². The Hall–Kier alpha value is -3.33. The van der Waals surface area contributed by atoms with Gasteiger partial charge in [0.05, 0.1) is 29.5 Å². The maximum Gasteiger partial charge on any atom is 0.272 e. The second kappa shape index (κ2) is 9.04. The number of nitrogens with one attached hydrogen (secondary N) is 1. The summed E-state index contributed by atoms with van der Waals surface area (Å²) >= 11 is 0. The molecule has 1 saturated heterocycles. The monoisotopic (exact) mass is 434 g/mol. The summed E-state index contributed by atoms with van der Waals surface area (Å²) in [6.45, 7) is 7.73. The molecule has 0 bridgehead atoms. The first-order valence-electron chi connectivity index (χ1n) is 10.9. The smallest absolute Gasteiger partial charge is 0.272 e. The molecule has 168 valence electrons. The van der Waals surface area contributed by atoms with Crippen LogP contribution in [0.1, 0.15) is 42.6 Å². The highest BCUT2D eigenvalue weighted by Crippen LogP contribution is 2.24. The molecule has 0 aromatic carbocycles. The summed E-state index contributed by atoms with van der Waals surface area (Å²) in [5, 5.41) is 3.18. The highest BCUT2D eigenvalue weighted by Gasteiger charge is 2.28. The number of likely N-dealkylation sites (N-methyl/N-ethyl adjacent to an activating group) is 1. The highest BCUT2D eigenvalue weighted by molar-refractivity contribution is 5.92. The largest absolute Gasteiger partial charge is 0.336 e. The number of hydrogen-bond donors (Lipinski definition) is 1. The minimum absolute atomic E-state index is 0.0311. The minimum atomic E-state index is -0.0311. The van der Waals surface area contributed by atoms with Crippen LogP contribution in [0.2, 0.25) is 0 Å². The molecule has 32 heavy (non-hydrogen) atoms. The summed E-state index contributed by atoms with van der Waals surface area (Å²) in [5.41, 5.74) is 2.91. The van der Waals surface area contributed by atoms with E-state index in [4.69, 9.17) is 0 Å². The molecule has 1 N–H and O–H groups in total. The van der Waals surface area contributed by atoms with Gasteiger partial charge in [-0.05, 0) is 59.5 Å². The van der Waals surface area contributed by atoms with Crippen molar-refractivity contribution in [3.8, 4) is 11.4 Å². The minimum Gasteiger partial charge on any atom is -0.336 e. The molecule has 1 aliphatic heterocycles. The van der Waals surface area contributed by atoms with Gasteiger partial charge in [-0.3, -0.25) is 4.79 Å². The van der Waals surface area contributed by atoms with Crippen molar-refractivity contribution in [3.63, 3.8) is 0 Å². The molecule has 0 aliphatic carbocycles. The maximum absolute atomic E-state index is 12.8. The van der Waals surface area contributed by atoms with Gasteiger partial charge in [0.1, 0.15) is 11.5 Å². The molecule has 1 atom stereocenters. The number of aryl methyl sites for hydroxylation is 1. The number of nitrogens with zero attached hydrogens (tertiary/aromatic N) is 7. The van der Waals surface area contributed by atoms with Gasteiger partial charge in [-0.1, -0.05) is 0 Å². The molecule has 4 heterocycles. The van der Waals surface area contributed by atoms with E-state index in [1.807, 2.05) is 44.2 Å². The van der Waals surface area contributed by atoms with Gasteiger partial charge >= 0.3 is 0 Å². The van der Waals surface area contributed by atoms with Crippen molar-refractivity contribution < 1.29 is 4.79 Å². The van der Waals surface area contributed by atoms with E-state index in [1.54, 1.807) is 18.5 Å². The quantitative estimate of drug-likeness (QED) is 0.637. The molecule has 1 fully saturated rings. The topological polar surface area (TPSA) is 92.1 Å². The standard InChI is InChI=1S/C23H30N8O/c1-15(2)31-16(3)25-13-21(31)19-8-10-24-23(28-19)27-17-6-7-20(26-12-17)22(32)30-11-9-18(14-30)29(4)5/h6-8,10,12-13,15,18H,9,11,14H2,1-5H3,(H,24,27,28)/t18-/m0/s1. The summed E-state index contributed by atoms with van der Waals surface area (Å²) < 4.78 is 2.15. The lowest BCUT2D eigenvalue weighted by molar-refractivity contribution is 0.0777.